The van der Waals surface area contributed by atoms with Gasteiger partial charge in [0.2, 0.25) is 18.0 Å². The lowest BCUT2D eigenvalue weighted by Gasteiger charge is -2.35. The van der Waals surface area contributed by atoms with Crippen LogP contribution in [0.2, 0.25) is 10.0 Å². The summed E-state index contributed by atoms with van der Waals surface area (Å²) in [5.74, 6) is -0.175. The van der Waals surface area contributed by atoms with Crippen LogP contribution in [0.4, 0.5) is 5.69 Å². The highest BCUT2D eigenvalue weighted by Gasteiger charge is 2.47. The van der Waals surface area contributed by atoms with Crippen LogP contribution < -0.4 is 14.2 Å². The highest BCUT2D eigenvalue weighted by molar-refractivity contribution is 6.35. The number of aromatic nitrogens is 2. The second-order valence-corrected chi connectivity index (χ2v) is 9.85. The van der Waals surface area contributed by atoms with E-state index in [1.807, 2.05) is 58.5 Å². The van der Waals surface area contributed by atoms with E-state index in [9.17, 15) is 4.79 Å². The average molecular weight is 532 g/mol. The number of H-pyrrole nitrogens is 1. The molecule has 0 spiro atoms. The minimum absolute atomic E-state index is 0.130. The molecule has 2 aromatic carbocycles. The number of hydrogen-bond donors (Lipinski definition) is 1. The summed E-state index contributed by atoms with van der Waals surface area (Å²) >= 11 is 12.7. The number of benzene rings is 2. The number of carbonyl (C=O) groups excluding carboxylic acids is 1. The fraction of sp³-hybridized carbons (Fsp3) is 0.385. The number of aromatic amines is 1. The van der Waals surface area contributed by atoms with Crippen LogP contribution in [0.15, 0.2) is 61.2 Å². The summed E-state index contributed by atoms with van der Waals surface area (Å²) in [6.07, 6.45) is 5.29. The third kappa shape index (κ3) is 5.47. The van der Waals surface area contributed by atoms with E-state index >= 15 is 0 Å². The highest BCUT2D eigenvalue weighted by atomic mass is 35.5. The van der Waals surface area contributed by atoms with Crippen LogP contribution in [0.1, 0.15) is 12.5 Å². The van der Waals surface area contributed by atoms with E-state index in [1.165, 1.54) is 0 Å². The summed E-state index contributed by atoms with van der Waals surface area (Å²) in [7, 11) is 0. The summed E-state index contributed by atoms with van der Waals surface area (Å²) in [4.78, 5) is 18.8. The number of carbonyl (C=O) groups is 1. The molecule has 0 saturated carbocycles. The Labute approximate surface area is 220 Å². The molecular formula is C26H29Cl2N4O4+. The Hall–Kier alpha value is -2.78. The maximum absolute atomic E-state index is 11.6. The van der Waals surface area contributed by atoms with E-state index in [2.05, 4.69) is 9.88 Å². The maximum Gasteiger partial charge on any atom is 0.241 e. The number of anilines is 1. The summed E-state index contributed by atoms with van der Waals surface area (Å²) in [5.41, 5.74) is 1.84. The van der Waals surface area contributed by atoms with Crippen LogP contribution in [-0.2, 0) is 26.6 Å². The first-order valence-corrected chi connectivity index (χ1v) is 12.7. The molecule has 2 atom stereocenters. The Kier molecular flexibility index (Phi) is 7.39. The molecule has 36 heavy (non-hydrogen) atoms. The number of imidazole rings is 1. The van der Waals surface area contributed by atoms with Crippen molar-refractivity contribution in [3.63, 3.8) is 0 Å². The molecule has 0 radical (unpaired) electrons. The molecule has 2 aliphatic rings. The van der Waals surface area contributed by atoms with Gasteiger partial charge in [0.05, 0.1) is 11.6 Å². The van der Waals surface area contributed by atoms with Crippen molar-refractivity contribution >= 4 is 34.8 Å². The third-order valence-electron chi connectivity index (χ3n) is 6.56. The Morgan fingerprint density at radius 2 is 1.94 bits per heavy atom. The second-order valence-electron chi connectivity index (χ2n) is 9.01. The average Bonchev–Trinajstić information content (AvgIpc) is 3.54. The van der Waals surface area contributed by atoms with E-state index in [1.54, 1.807) is 19.1 Å². The van der Waals surface area contributed by atoms with Gasteiger partial charge in [0, 0.05) is 49.4 Å². The normalized spacial score (nSPS) is 22.1. The molecule has 190 valence electrons. The van der Waals surface area contributed by atoms with E-state index in [-0.39, 0.29) is 12.0 Å². The van der Waals surface area contributed by atoms with Gasteiger partial charge in [-0.1, -0.05) is 29.3 Å². The first kappa shape index (κ1) is 24.9. The van der Waals surface area contributed by atoms with Gasteiger partial charge >= 0.3 is 0 Å². The Morgan fingerprint density at radius 1 is 1.17 bits per heavy atom. The summed E-state index contributed by atoms with van der Waals surface area (Å²) < 4.78 is 20.7. The van der Waals surface area contributed by atoms with E-state index in [0.717, 1.165) is 43.2 Å². The molecule has 5 rings (SSSR count). The van der Waals surface area contributed by atoms with E-state index < -0.39 is 5.79 Å². The first-order valence-electron chi connectivity index (χ1n) is 11.9. The summed E-state index contributed by atoms with van der Waals surface area (Å²) in [5, 5.41) is 1.04. The topological polar surface area (TPSA) is 70.9 Å². The highest BCUT2D eigenvalue weighted by Crippen LogP contribution is 2.39. The Morgan fingerprint density at radius 3 is 2.61 bits per heavy atom. The predicted molar refractivity (Wildman–Crippen MR) is 136 cm³/mol. The number of nitrogens with zero attached hydrogens (tertiary/aromatic N) is 3. The molecule has 1 amide bonds. The lowest BCUT2D eigenvalue weighted by Crippen LogP contribution is -2.48. The Balaban J connectivity index is 1.22. The van der Waals surface area contributed by atoms with Crippen LogP contribution in [0.3, 0.4) is 0 Å². The molecule has 0 aliphatic carbocycles. The van der Waals surface area contributed by atoms with Crippen molar-refractivity contribution in [2.75, 3.05) is 44.3 Å². The molecule has 2 saturated heterocycles. The summed E-state index contributed by atoms with van der Waals surface area (Å²) in [6, 6.07) is 13.3. The van der Waals surface area contributed by atoms with Gasteiger partial charge in [0.25, 0.3) is 0 Å². The van der Waals surface area contributed by atoms with Crippen molar-refractivity contribution in [2.24, 2.45) is 0 Å². The standard InChI is InChI=1S/C26H28Cl2N4O4/c1-19(33)31-10-12-32(13-11-31)21-3-5-22(6-4-21)34-15-23-16-35-26(36-23,17-30-9-8-29-18-30)24-7-2-20(27)14-25(24)28/h2-9,14,18,23H,10-13,15-17H2,1H3/p+1/t23-,26-/m1/s1. The zero-order valence-electron chi connectivity index (χ0n) is 20.0. The van der Waals surface area contributed by atoms with Crippen LogP contribution in [-0.4, -0.2) is 61.3 Å². The molecule has 10 heteroatoms. The smallest absolute Gasteiger partial charge is 0.241 e. The van der Waals surface area contributed by atoms with Gasteiger partial charge in [0.15, 0.2) is 0 Å². The molecule has 1 aromatic heterocycles. The molecule has 1 N–H and O–H groups in total. The SMILES string of the molecule is CC(=O)N1CCN(c2ccc(OC[C@@H]3CO[C@@](C[n+]4cc[nH]c4)(c4ccc(Cl)cc4Cl)O3)cc2)CC1. The molecule has 3 aromatic rings. The van der Waals surface area contributed by atoms with Crippen molar-refractivity contribution in [3.05, 3.63) is 76.8 Å². The van der Waals surface area contributed by atoms with Crippen LogP contribution in [0, 0.1) is 0 Å². The molecule has 0 unspecified atom stereocenters. The van der Waals surface area contributed by atoms with Gasteiger partial charge in [-0.25, -0.2) is 4.57 Å². The molecular weight excluding hydrogens is 503 g/mol. The van der Waals surface area contributed by atoms with Crippen LogP contribution in [0.25, 0.3) is 0 Å². The van der Waals surface area contributed by atoms with Crippen LogP contribution >= 0.6 is 23.2 Å². The lowest BCUT2D eigenvalue weighted by atomic mass is 10.1. The molecule has 0 bridgehead atoms. The first-order chi connectivity index (χ1) is 17.4. The minimum Gasteiger partial charge on any atom is -0.491 e. The number of nitrogens with one attached hydrogen (secondary N) is 1. The Bertz CT molecular complexity index is 1180. The largest absolute Gasteiger partial charge is 0.491 e. The molecule has 8 nitrogen and oxygen atoms in total. The zero-order chi connectivity index (χ0) is 25.1. The van der Waals surface area contributed by atoms with Crippen molar-refractivity contribution in [3.8, 4) is 5.75 Å². The zero-order valence-corrected chi connectivity index (χ0v) is 21.5. The number of halogens is 2. The van der Waals surface area contributed by atoms with Gasteiger partial charge in [-0.15, -0.1) is 0 Å². The number of amides is 1. The van der Waals surface area contributed by atoms with E-state index in [4.69, 9.17) is 37.4 Å². The fourth-order valence-corrected chi connectivity index (χ4v) is 5.19. The number of rotatable bonds is 7. The van der Waals surface area contributed by atoms with Gasteiger partial charge in [-0.3, -0.25) is 9.78 Å². The number of hydrogen-bond acceptors (Lipinski definition) is 5. The third-order valence-corrected chi connectivity index (χ3v) is 7.10. The van der Waals surface area contributed by atoms with Crippen LogP contribution in [0.5, 0.6) is 5.75 Å². The van der Waals surface area contributed by atoms with Gasteiger partial charge in [0.1, 0.15) is 37.4 Å². The summed E-state index contributed by atoms with van der Waals surface area (Å²) in [6.45, 7) is 5.86. The monoisotopic (exact) mass is 531 g/mol. The van der Waals surface area contributed by atoms with Crippen molar-refractivity contribution in [1.82, 2.24) is 9.88 Å². The fourth-order valence-electron chi connectivity index (χ4n) is 4.64. The van der Waals surface area contributed by atoms with Crippen molar-refractivity contribution in [1.29, 1.82) is 0 Å². The molecule has 2 aliphatic heterocycles. The lowest BCUT2D eigenvalue weighted by molar-refractivity contribution is -0.719. The number of ether oxygens (including phenoxy) is 3. The second kappa shape index (κ2) is 10.7. The maximum atomic E-state index is 11.6. The van der Waals surface area contributed by atoms with Gasteiger partial charge in [-0.2, -0.15) is 0 Å². The van der Waals surface area contributed by atoms with Crippen molar-refractivity contribution in [2.45, 2.75) is 25.4 Å². The van der Waals surface area contributed by atoms with Crippen molar-refractivity contribution < 1.29 is 23.6 Å². The van der Waals surface area contributed by atoms with Gasteiger partial charge in [-0.05, 0) is 36.4 Å². The van der Waals surface area contributed by atoms with Gasteiger partial charge < -0.3 is 24.0 Å². The molecule has 2 fully saturated rings. The minimum atomic E-state index is -1.06. The quantitative estimate of drug-likeness (QED) is 0.471. The number of piperazine rings is 1. The predicted octanol–water partition coefficient (Wildman–Crippen LogP) is 3.62. The molecule has 3 heterocycles. The van der Waals surface area contributed by atoms with E-state index in [0.29, 0.717) is 29.8 Å².